The van der Waals surface area contributed by atoms with Crippen LogP contribution in [0, 0.1) is 29.8 Å². The summed E-state index contributed by atoms with van der Waals surface area (Å²) < 4.78 is 66.9. The van der Waals surface area contributed by atoms with Gasteiger partial charge in [-0.15, -0.1) is 6.42 Å². The second-order valence-corrected chi connectivity index (χ2v) is 11.7. The molecule has 12 heteroatoms. The SMILES string of the molecule is C#Cc1c(F)ccc2c(F)c(O)cc(-c3ncc4c(N5CCCCCN5)nc(OC[C@@]56CCCN5C[C@H](F)C6)nc4c3F)c12. The van der Waals surface area contributed by atoms with Crippen LogP contribution < -0.4 is 15.2 Å². The molecule has 3 fully saturated rings. The Morgan fingerprint density at radius 2 is 1.95 bits per heavy atom. The van der Waals surface area contributed by atoms with Crippen molar-refractivity contribution in [3.05, 3.63) is 47.4 Å². The van der Waals surface area contributed by atoms with E-state index in [2.05, 4.69) is 31.2 Å². The standard InChI is InChI=1S/C32H30F4N6O2/c1-2-19-23(34)8-7-20-25(19)21(13-24(43)26(20)35)28-27(36)29-22(15-37-28)30(42-12-5-3-4-10-38-42)40-31(39-29)44-17-32-9-6-11-41(32)16-18(33)14-32/h1,7-8,13,15,18,38,43H,3-6,9-12,14,16-17H2/t18-,32+/m1/s1. The number of rotatable bonds is 5. The van der Waals surface area contributed by atoms with E-state index in [1.165, 1.54) is 6.20 Å². The summed E-state index contributed by atoms with van der Waals surface area (Å²) in [6, 6.07) is 3.02. The maximum atomic E-state index is 16.6. The van der Waals surface area contributed by atoms with Gasteiger partial charge in [0.25, 0.3) is 0 Å². The first-order valence-corrected chi connectivity index (χ1v) is 14.8. The fourth-order valence-corrected chi connectivity index (χ4v) is 6.95. The Hall–Kier alpha value is -4.21. The van der Waals surface area contributed by atoms with Gasteiger partial charge in [-0.25, -0.2) is 23.0 Å². The van der Waals surface area contributed by atoms with E-state index in [1.807, 2.05) is 5.01 Å². The van der Waals surface area contributed by atoms with E-state index in [0.29, 0.717) is 31.9 Å². The summed E-state index contributed by atoms with van der Waals surface area (Å²) in [6.45, 7) is 2.57. The number of phenolic OH excluding ortho intramolecular Hbond substituents is 1. The Bertz CT molecular complexity index is 1820. The Morgan fingerprint density at radius 1 is 1.09 bits per heavy atom. The number of pyridine rings is 1. The molecule has 2 aromatic carbocycles. The van der Waals surface area contributed by atoms with Crippen LogP contribution in [0.5, 0.6) is 11.8 Å². The summed E-state index contributed by atoms with van der Waals surface area (Å²) in [4.78, 5) is 15.6. The van der Waals surface area contributed by atoms with Crippen molar-refractivity contribution in [1.82, 2.24) is 25.3 Å². The van der Waals surface area contributed by atoms with E-state index in [4.69, 9.17) is 11.2 Å². The monoisotopic (exact) mass is 606 g/mol. The molecule has 2 aromatic heterocycles. The number of hydrogen-bond acceptors (Lipinski definition) is 8. The summed E-state index contributed by atoms with van der Waals surface area (Å²) >= 11 is 0. The number of alkyl halides is 1. The highest BCUT2D eigenvalue weighted by Crippen LogP contribution is 2.42. The number of aromatic hydroxyl groups is 1. The van der Waals surface area contributed by atoms with Crippen LogP contribution in [0.15, 0.2) is 24.4 Å². The summed E-state index contributed by atoms with van der Waals surface area (Å²) in [7, 11) is 0. The summed E-state index contributed by atoms with van der Waals surface area (Å²) in [5.41, 5.74) is 2.02. The quantitative estimate of drug-likeness (QED) is 0.231. The lowest BCUT2D eigenvalue weighted by molar-refractivity contribution is 0.107. The molecule has 8 nitrogen and oxygen atoms in total. The Kier molecular flexibility index (Phi) is 7.17. The number of phenols is 1. The molecule has 0 unspecified atom stereocenters. The molecule has 44 heavy (non-hydrogen) atoms. The highest BCUT2D eigenvalue weighted by Gasteiger charge is 2.49. The van der Waals surface area contributed by atoms with E-state index in [1.54, 1.807) is 0 Å². The van der Waals surface area contributed by atoms with Crippen LogP contribution in [0.4, 0.5) is 23.4 Å². The number of hydrazine groups is 1. The second-order valence-electron chi connectivity index (χ2n) is 11.7. The van der Waals surface area contributed by atoms with Crippen molar-refractivity contribution in [2.24, 2.45) is 0 Å². The van der Waals surface area contributed by atoms with Crippen molar-refractivity contribution in [3.63, 3.8) is 0 Å². The van der Waals surface area contributed by atoms with Gasteiger partial charge in [-0.2, -0.15) is 9.97 Å². The van der Waals surface area contributed by atoms with E-state index >= 15 is 4.39 Å². The number of fused-ring (bicyclic) bond motifs is 3. The molecule has 3 aliphatic heterocycles. The minimum Gasteiger partial charge on any atom is -0.505 e. The molecular weight excluding hydrogens is 576 g/mol. The first-order chi connectivity index (χ1) is 21.3. The van der Waals surface area contributed by atoms with E-state index in [-0.39, 0.29) is 51.1 Å². The molecule has 0 radical (unpaired) electrons. The summed E-state index contributed by atoms with van der Waals surface area (Å²) in [5.74, 6) is -0.915. The van der Waals surface area contributed by atoms with Crippen LogP contribution in [-0.4, -0.2) is 69.5 Å². The minimum atomic E-state index is -1.02. The van der Waals surface area contributed by atoms with Crippen molar-refractivity contribution in [2.45, 2.75) is 50.2 Å². The molecule has 228 valence electrons. The Morgan fingerprint density at radius 3 is 2.80 bits per heavy atom. The van der Waals surface area contributed by atoms with Gasteiger partial charge in [0.2, 0.25) is 0 Å². The molecule has 0 spiro atoms. The van der Waals surface area contributed by atoms with Gasteiger partial charge in [0.1, 0.15) is 29.8 Å². The predicted molar refractivity (Wildman–Crippen MR) is 157 cm³/mol. The van der Waals surface area contributed by atoms with Gasteiger partial charge in [0, 0.05) is 48.6 Å². The topological polar surface area (TPSA) is 86.6 Å². The molecule has 7 rings (SSSR count). The van der Waals surface area contributed by atoms with Crippen LogP contribution in [0.2, 0.25) is 0 Å². The van der Waals surface area contributed by atoms with E-state index in [0.717, 1.165) is 56.8 Å². The normalized spacial score (nSPS) is 22.3. The molecule has 2 atom stereocenters. The van der Waals surface area contributed by atoms with Crippen LogP contribution in [0.1, 0.15) is 44.1 Å². The molecule has 0 aliphatic carbocycles. The molecule has 0 bridgehead atoms. The maximum Gasteiger partial charge on any atom is 0.319 e. The zero-order valence-electron chi connectivity index (χ0n) is 23.8. The van der Waals surface area contributed by atoms with Gasteiger partial charge in [-0.1, -0.05) is 12.3 Å². The van der Waals surface area contributed by atoms with Crippen LogP contribution >= 0.6 is 0 Å². The van der Waals surface area contributed by atoms with Crippen molar-refractivity contribution >= 4 is 27.5 Å². The third kappa shape index (κ3) is 4.66. The zero-order valence-corrected chi connectivity index (χ0v) is 23.8. The number of benzene rings is 2. The van der Waals surface area contributed by atoms with E-state index in [9.17, 15) is 18.3 Å². The lowest BCUT2D eigenvalue weighted by Gasteiger charge is -2.31. The number of hydrogen-bond donors (Lipinski definition) is 2. The van der Waals surface area contributed by atoms with Crippen LogP contribution in [-0.2, 0) is 0 Å². The molecular formula is C32H30F4N6O2. The third-order valence-corrected chi connectivity index (χ3v) is 9.06. The Labute approximate surface area is 251 Å². The van der Waals surface area contributed by atoms with Crippen LogP contribution in [0.3, 0.4) is 0 Å². The summed E-state index contributed by atoms with van der Waals surface area (Å²) in [6.07, 6.45) is 10.9. The van der Waals surface area contributed by atoms with Crippen molar-refractivity contribution < 1.29 is 27.4 Å². The highest BCUT2D eigenvalue weighted by atomic mass is 19.1. The molecule has 5 heterocycles. The largest absolute Gasteiger partial charge is 0.505 e. The number of halogens is 4. The smallest absolute Gasteiger partial charge is 0.319 e. The number of nitrogens with zero attached hydrogens (tertiary/aromatic N) is 5. The Balaban J connectivity index is 1.39. The van der Waals surface area contributed by atoms with Gasteiger partial charge in [0.15, 0.2) is 23.2 Å². The van der Waals surface area contributed by atoms with Gasteiger partial charge >= 0.3 is 6.01 Å². The molecule has 4 aromatic rings. The molecule has 3 aliphatic rings. The first kappa shape index (κ1) is 28.6. The van der Waals surface area contributed by atoms with Crippen molar-refractivity contribution in [3.8, 4) is 35.4 Å². The first-order valence-electron chi connectivity index (χ1n) is 14.8. The number of anilines is 1. The van der Waals surface area contributed by atoms with Crippen molar-refractivity contribution in [1.29, 1.82) is 0 Å². The average molecular weight is 607 g/mol. The summed E-state index contributed by atoms with van der Waals surface area (Å²) in [5, 5.41) is 12.2. The number of terminal acetylenes is 1. The molecule has 0 amide bonds. The lowest BCUT2D eigenvalue weighted by atomic mass is 9.95. The molecule has 2 N–H and O–H groups in total. The second kappa shape index (κ2) is 11.1. The lowest BCUT2D eigenvalue weighted by Crippen LogP contribution is -2.43. The molecule has 0 saturated carbocycles. The fourth-order valence-electron chi connectivity index (χ4n) is 6.95. The minimum absolute atomic E-state index is 0.0831. The molecule has 3 saturated heterocycles. The number of nitrogens with one attached hydrogen (secondary N) is 1. The fraction of sp³-hybridized carbons (Fsp3) is 0.406. The zero-order chi connectivity index (χ0) is 30.6. The van der Waals surface area contributed by atoms with Gasteiger partial charge in [-0.05, 0) is 50.4 Å². The van der Waals surface area contributed by atoms with E-state index < -0.39 is 34.9 Å². The number of aromatic nitrogens is 3. The van der Waals surface area contributed by atoms with Crippen molar-refractivity contribution in [2.75, 3.05) is 37.8 Å². The van der Waals surface area contributed by atoms with Gasteiger partial charge in [-0.3, -0.25) is 14.9 Å². The predicted octanol–water partition coefficient (Wildman–Crippen LogP) is 5.40. The van der Waals surface area contributed by atoms with Crippen LogP contribution in [0.25, 0.3) is 32.9 Å². The maximum absolute atomic E-state index is 16.6. The number of ether oxygens (including phenoxy) is 1. The van der Waals surface area contributed by atoms with Gasteiger partial charge < -0.3 is 9.84 Å². The highest BCUT2D eigenvalue weighted by molar-refractivity contribution is 6.03. The third-order valence-electron chi connectivity index (χ3n) is 9.06. The average Bonchev–Trinajstić information content (AvgIpc) is 3.39. The van der Waals surface area contributed by atoms with Gasteiger partial charge in [0.05, 0.1) is 16.5 Å².